The molecule has 71 heavy (non-hydrogen) atoms. The second-order valence-electron chi connectivity index (χ2n) is 21.0. The van der Waals surface area contributed by atoms with Gasteiger partial charge in [0.2, 0.25) is 0 Å². The van der Waals surface area contributed by atoms with Crippen LogP contribution in [0.1, 0.15) is 52.7 Å². The van der Waals surface area contributed by atoms with Crippen LogP contribution in [0.4, 0.5) is 34.1 Å². The fourth-order valence-corrected chi connectivity index (χ4v) is 10.5. The number of para-hydroxylation sites is 2. The molecule has 0 atom stereocenters. The summed E-state index contributed by atoms with van der Waals surface area (Å²) in [5.41, 5.74) is 16.0. The highest BCUT2D eigenvalue weighted by molar-refractivity contribution is 6.26. The van der Waals surface area contributed by atoms with Gasteiger partial charge in [-0.05, 0) is 162 Å². The standard InChI is InChI=1S/C68H56N2O/c1-67(2,3)49-28-32-53(33-29-49)69(51-23-15-9-16-24-51)55-36-38-57-62-43-59-58-39-47(45-19-11-7-12-20-45)27-37-56(58)63(70(52-25-17-10-18-26-52)54-34-30-50(31-35-54)68(4,5)6)44-60(59)61-40-48(46-21-13-8-14-22-46)41-65(66(61)62)71-64(57)42-55/h7-44H,1-6H3. The van der Waals surface area contributed by atoms with E-state index in [0.717, 1.165) is 78.6 Å². The molecule has 0 aromatic heterocycles. The van der Waals surface area contributed by atoms with Crippen LogP contribution in [0.2, 0.25) is 0 Å². The Labute approximate surface area is 417 Å². The minimum Gasteiger partial charge on any atom is -0.456 e. The topological polar surface area (TPSA) is 15.7 Å². The molecule has 12 rings (SSSR count). The largest absolute Gasteiger partial charge is 0.456 e. The van der Waals surface area contributed by atoms with Crippen LogP contribution in [0.15, 0.2) is 231 Å². The van der Waals surface area contributed by atoms with E-state index in [9.17, 15) is 0 Å². The van der Waals surface area contributed by atoms with Gasteiger partial charge >= 0.3 is 0 Å². The molecule has 0 spiro atoms. The molecule has 3 nitrogen and oxygen atoms in total. The zero-order chi connectivity index (χ0) is 48.4. The van der Waals surface area contributed by atoms with Crippen molar-refractivity contribution in [3.05, 3.63) is 242 Å². The van der Waals surface area contributed by atoms with E-state index in [4.69, 9.17) is 4.74 Å². The van der Waals surface area contributed by atoms with Gasteiger partial charge < -0.3 is 14.5 Å². The van der Waals surface area contributed by atoms with E-state index in [2.05, 4.69) is 282 Å². The highest BCUT2D eigenvalue weighted by Crippen LogP contribution is 2.54. The maximum absolute atomic E-state index is 7.27. The van der Waals surface area contributed by atoms with Crippen molar-refractivity contribution in [2.75, 3.05) is 9.80 Å². The van der Waals surface area contributed by atoms with E-state index < -0.39 is 0 Å². The number of fused-ring (bicyclic) bond motifs is 6. The predicted octanol–water partition coefficient (Wildman–Crippen LogP) is 19.8. The summed E-state index contributed by atoms with van der Waals surface area (Å²) >= 11 is 0. The van der Waals surface area contributed by atoms with Crippen LogP contribution in [-0.2, 0) is 10.8 Å². The average molecular weight is 917 g/mol. The lowest BCUT2D eigenvalue weighted by molar-refractivity contribution is 0.487. The fraction of sp³-hybridized carbons (Fsp3) is 0.118. The van der Waals surface area contributed by atoms with Gasteiger partial charge in [-0.25, -0.2) is 0 Å². The fourth-order valence-electron chi connectivity index (χ4n) is 10.5. The molecule has 11 aromatic rings. The number of hydrogen-bond acceptors (Lipinski definition) is 3. The van der Waals surface area contributed by atoms with Crippen molar-refractivity contribution in [3.63, 3.8) is 0 Å². The quantitative estimate of drug-likeness (QED) is 0.141. The first-order valence-electron chi connectivity index (χ1n) is 24.8. The van der Waals surface area contributed by atoms with Gasteiger partial charge in [-0.1, -0.05) is 175 Å². The van der Waals surface area contributed by atoms with E-state index in [-0.39, 0.29) is 10.8 Å². The molecular formula is C68H56N2O. The van der Waals surface area contributed by atoms with Gasteiger partial charge in [0.05, 0.1) is 5.69 Å². The zero-order valence-electron chi connectivity index (χ0n) is 41.2. The molecular weight excluding hydrogens is 861 g/mol. The third kappa shape index (κ3) is 7.98. The summed E-state index contributed by atoms with van der Waals surface area (Å²) in [6.07, 6.45) is 0. The van der Waals surface area contributed by atoms with Crippen molar-refractivity contribution in [2.24, 2.45) is 0 Å². The molecule has 0 amide bonds. The number of anilines is 6. The number of ether oxygens (including phenoxy) is 1. The monoisotopic (exact) mass is 916 g/mol. The molecule has 0 fully saturated rings. The first kappa shape index (κ1) is 43.9. The number of rotatable bonds is 8. The Morgan fingerprint density at radius 3 is 1.34 bits per heavy atom. The van der Waals surface area contributed by atoms with Crippen LogP contribution in [0.25, 0.3) is 65.7 Å². The van der Waals surface area contributed by atoms with Crippen LogP contribution in [-0.4, -0.2) is 0 Å². The Kier molecular flexibility index (Phi) is 10.6. The van der Waals surface area contributed by atoms with Gasteiger partial charge in [-0.3, -0.25) is 0 Å². The van der Waals surface area contributed by atoms with Crippen molar-refractivity contribution in [3.8, 4) is 44.9 Å². The Bertz CT molecular complexity index is 3760. The lowest BCUT2D eigenvalue weighted by atomic mass is 9.86. The van der Waals surface area contributed by atoms with Crippen molar-refractivity contribution in [2.45, 2.75) is 52.4 Å². The van der Waals surface area contributed by atoms with Crippen LogP contribution in [0.3, 0.4) is 0 Å². The summed E-state index contributed by atoms with van der Waals surface area (Å²) < 4.78 is 7.27. The zero-order valence-corrected chi connectivity index (χ0v) is 41.2. The molecule has 344 valence electrons. The maximum atomic E-state index is 7.27. The van der Waals surface area contributed by atoms with Crippen LogP contribution < -0.4 is 14.5 Å². The number of nitrogens with zero attached hydrogens (tertiary/aromatic N) is 2. The molecule has 11 aromatic carbocycles. The van der Waals surface area contributed by atoms with Gasteiger partial charge in [0.25, 0.3) is 0 Å². The molecule has 1 heterocycles. The third-order valence-corrected chi connectivity index (χ3v) is 14.3. The molecule has 0 saturated carbocycles. The normalized spacial score (nSPS) is 12.2. The number of hydrogen-bond donors (Lipinski definition) is 0. The highest BCUT2D eigenvalue weighted by Gasteiger charge is 2.28. The average Bonchev–Trinajstić information content (AvgIpc) is 3.39. The van der Waals surface area contributed by atoms with E-state index in [0.29, 0.717) is 0 Å². The molecule has 3 heteroatoms. The lowest BCUT2D eigenvalue weighted by Gasteiger charge is -2.30. The van der Waals surface area contributed by atoms with Crippen molar-refractivity contribution >= 4 is 66.4 Å². The minimum absolute atomic E-state index is 0.0251. The molecule has 0 unspecified atom stereocenters. The van der Waals surface area contributed by atoms with Crippen LogP contribution >= 0.6 is 0 Å². The van der Waals surface area contributed by atoms with Crippen LogP contribution in [0.5, 0.6) is 11.5 Å². The van der Waals surface area contributed by atoms with Gasteiger partial charge in [-0.15, -0.1) is 0 Å². The second kappa shape index (κ2) is 17.2. The SMILES string of the molecule is CC(C)(C)c1ccc(N(c2ccccc2)c2ccc3c(c2)Oc2cc(-c4ccccc4)cc4c2c-3cc2c3cc(-c5ccccc5)ccc3c(N(c3ccccc3)c3ccc(C(C)(C)C)cc3)cc42)cc1. The second-order valence-corrected chi connectivity index (χ2v) is 21.0. The van der Waals surface area contributed by atoms with E-state index >= 15 is 0 Å². The maximum Gasteiger partial charge on any atom is 0.137 e. The molecule has 0 bridgehead atoms. The summed E-state index contributed by atoms with van der Waals surface area (Å²) in [7, 11) is 0. The predicted molar refractivity (Wildman–Crippen MR) is 302 cm³/mol. The van der Waals surface area contributed by atoms with Crippen molar-refractivity contribution in [1.29, 1.82) is 0 Å². The van der Waals surface area contributed by atoms with Crippen molar-refractivity contribution in [1.82, 2.24) is 0 Å². The first-order valence-corrected chi connectivity index (χ1v) is 24.8. The van der Waals surface area contributed by atoms with Crippen LogP contribution in [0, 0.1) is 0 Å². The molecule has 0 aliphatic carbocycles. The minimum atomic E-state index is 0.0251. The summed E-state index contributed by atoms with van der Waals surface area (Å²) in [5, 5.41) is 6.98. The Morgan fingerprint density at radius 1 is 0.296 bits per heavy atom. The molecule has 0 radical (unpaired) electrons. The highest BCUT2D eigenvalue weighted by atomic mass is 16.5. The molecule has 0 N–H and O–H groups in total. The summed E-state index contributed by atoms with van der Waals surface area (Å²) in [6, 6.07) is 84.4. The Balaban J connectivity index is 1.14. The van der Waals surface area contributed by atoms with Gasteiger partial charge in [0, 0.05) is 50.8 Å². The van der Waals surface area contributed by atoms with Gasteiger partial charge in [0.15, 0.2) is 0 Å². The third-order valence-electron chi connectivity index (χ3n) is 14.3. The lowest BCUT2D eigenvalue weighted by Crippen LogP contribution is -2.13. The van der Waals surface area contributed by atoms with Gasteiger partial charge in [0.1, 0.15) is 11.5 Å². The summed E-state index contributed by atoms with van der Waals surface area (Å²) in [6.45, 7) is 13.6. The molecule has 1 aliphatic rings. The Morgan fingerprint density at radius 2 is 0.761 bits per heavy atom. The van der Waals surface area contributed by atoms with Gasteiger partial charge in [-0.2, -0.15) is 0 Å². The smallest absolute Gasteiger partial charge is 0.137 e. The first-order chi connectivity index (χ1) is 34.5. The van der Waals surface area contributed by atoms with E-state index in [1.54, 1.807) is 0 Å². The summed E-state index contributed by atoms with van der Waals surface area (Å²) in [5.74, 6) is 1.68. The van der Waals surface area contributed by atoms with E-state index in [1.807, 2.05) is 0 Å². The van der Waals surface area contributed by atoms with E-state index in [1.165, 1.54) is 43.8 Å². The number of benzene rings is 11. The molecule has 1 aliphatic heterocycles. The molecule has 0 saturated heterocycles. The summed E-state index contributed by atoms with van der Waals surface area (Å²) in [4.78, 5) is 4.77. The Hall–Kier alpha value is -8.40. The van der Waals surface area contributed by atoms with Crippen molar-refractivity contribution < 1.29 is 4.74 Å².